The number of Topliss-reactive ketones (excluding diaryl/α,β-unsaturated/α-hetero) is 3. The Kier molecular flexibility index (Phi) is 6.71. The predicted molar refractivity (Wildman–Crippen MR) is 147 cm³/mol. The molecule has 1 aliphatic heterocycles. The number of thioether (sulfide) groups is 2. The van der Waals surface area contributed by atoms with Gasteiger partial charge in [0.25, 0.3) is 0 Å². The zero-order valence-electron chi connectivity index (χ0n) is 21.3. The van der Waals surface area contributed by atoms with Gasteiger partial charge in [-0.3, -0.25) is 14.4 Å². The molecule has 1 saturated heterocycles. The van der Waals surface area contributed by atoms with Crippen LogP contribution in [-0.4, -0.2) is 36.0 Å². The number of ether oxygens (including phenoxy) is 1. The fourth-order valence-corrected chi connectivity index (χ4v) is 8.88. The number of aryl methyl sites for hydroxylation is 1. The SMILES string of the molecule is COc1ccc([C@H]2CC(=O)C(=C3SCCS3)[C@@H](c3ccc(C)cc3)C23C(=O)CC(C)(C)CC3=O)cc1. The second kappa shape index (κ2) is 9.53. The van der Waals surface area contributed by atoms with Crippen LogP contribution >= 0.6 is 23.5 Å². The molecular formula is C30H32O4S2. The largest absolute Gasteiger partial charge is 0.497 e. The van der Waals surface area contributed by atoms with Gasteiger partial charge < -0.3 is 4.74 Å². The van der Waals surface area contributed by atoms with E-state index in [9.17, 15) is 14.4 Å². The van der Waals surface area contributed by atoms with Crippen LogP contribution in [0.15, 0.2) is 58.3 Å². The Morgan fingerprint density at radius 1 is 0.833 bits per heavy atom. The van der Waals surface area contributed by atoms with Gasteiger partial charge in [-0.15, -0.1) is 23.5 Å². The van der Waals surface area contributed by atoms with E-state index in [1.165, 1.54) is 0 Å². The van der Waals surface area contributed by atoms with Crippen molar-refractivity contribution in [3.8, 4) is 5.75 Å². The van der Waals surface area contributed by atoms with Crippen LogP contribution in [0.25, 0.3) is 0 Å². The van der Waals surface area contributed by atoms with Gasteiger partial charge in [0.2, 0.25) is 0 Å². The molecule has 36 heavy (non-hydrogen) atoms. The highest BCUT2D eigenvalue weighted by Gasteiger charge is 2.65. The number of hydrogen-bond acceptors (Lipinski definition) is 6. The molecule has 2 aromatic carbocycles. The number of methoxy groups -OCH3 is 1. The number of hydrogen-bond donors (Lipinski definition) is 0. The van der Waals surface area contributed by atoms with Gasteiger partial charge in [0.05, 0.1) is 7.11 Å². The summed E-state index contributed by atoms with van der Waals surface area (Å²) in [5.41, 5.74) is 1.80. The molecule has 2 aliphatic carbocycles. The standard InChI is InChI=1S/C30H32O4S2/c1-18-5-7-20(8-6-18)27-26(28-35-13-14-36-28)23(31)15-22(19-9-11-21(34-4)12-10-19)30(27)24(32)16-29(2,3)17-25(30)33/h5-12,22,27H,13-17H2,1-4H3/t22-,27-/m1/s1. The summed E-state index contributed by atoms with van der Waals surface area (Å²) < 4.78 is 6.35. The molecule has 6 heteroatoms. The number of benzene rings is 2. The average molecular weight is 521 g/mol. The fraction of sp³-hybridized carbons (Fsp3) is 0.433. The number of carbonyl (C=O) groups excluding carboxylic acids is 3. The normalized spacial score (nSPS) is 25.5. The van der Waals surface area contributed by atoms with Crippen LogP contribution in [0.3, 0.4) is 0 Å². The second-order valence-corrected chi connectivity index (χ2v) is 13.4. The van der Waals surface area contributed by atoms with Gasteiger partial charge in [-0.2, -0.15) is 0 Å². The molecule has 3 aliphatic rings. The van der Waals surface area contributed by atoms with Crippen LogP contribution in [0.5, 0.6) is 5.75 Å². The van der Waals surface area contributed by atoms with E-state index in [0.717, 1.165) is 32.4 Å². The molecule has 3 fully saturated rings. The highest BCUT2D eigenvalue weighted by atomic mass is 32.2. The lowest BCUT2D eigenvalue weighted by atomic mass is 9.47. The van der Waals surface area contributed by atoms with Crippen molar-refractivity contribution in [2.75, 3.05) is 18.6 Å². The first-order valence-corrected chi connectivity index (χ1v) is 14.4. The molecular weight excluding hydrogens is 488 g/mol. The maximum absolute atomic E-state index is 14.4. The molecule has 1 spiro atoms. The van der Waals surface area contributed by atoms with Crippen LogP contribution < -0.4 is 4.74 Å². The van der Waals surface area contributed by atoms with Crippen molar-refractivity contribution in [3.63, 3.8) is 0 Å². The maximum Gasteiger partial charge on any atom is 0.161 e. The number of rotatable bonds is 3. The van der Waals surface area contributed by atoms with Gasteiger partial charge in [-0.1, -0.05) is 55.8 Å². The lowest BCUT2D eigenvalue weighted by molar-refractivity contribution is -0.153. The summed E-state index contributed by atoms with van der Waals surface area (Å²) in [5, 5.41) is 0. The monoisotopic (exact) mass is 520 g/mol. The first-order chi connectivity index (χ1) is 17.2. The van der Waals surface area contributed by atoms with Gasteiger partial charge in [0.15, 0.2) is 5.78 Å². The smallest absolute Gasteiger partial charge is 0.161 e. The third-order valence-electron chi connectivity index (χ3n) is 7.88. The summed E-state index contributed by atoms with van der Waals surface area (Å²) in [5.74, 6) is 1.45. The van der Waals surface area contributed by atoms with Gasteiger partial charge in [0.1, 0.15) is 22.7 Å². The number of carbonyl (C=O) groups is 3. The van der Waals surface area contributed by atoms with Crippen molar-refractivity contribution < 1.29 is 19.1 Å². The van der Waals surface area contributed by atoms with Crippen LogP contribution in [0.2, 0.25) is 0 Å². The van der Waals surface area contributed by atoms with Crippen molar-refractivity contribution in [2.24, 2.45) is 10.8 Å². The molecule has 0 radical (unpaired) electrons. The lowest BCUT2D eigenvalue weighted by Crippen LogP contribution is -2.58. The van der Waals surface area contributed by atoms with E-state index >= 15 is 0 Å². The Labute approximate surface area is 221 Å². The first kappa shape index (κ1) is 25.3. The first-order valence-electron chi connectivity index (χ1n) is 12.5. The van der Waals surface area contributed by atoms with Crippen LogP contribution in [0, 0.1) is 17.8 Å². The number of ketones is 3. The Hall–Kier alpha value is -2.31. The molecule has 188 valence electrons. The van der Waals surface area contributed by atoms with Crippen molar-refractivity contribution in [2.45, 2.75) is 51.9 Å². The van der Waals surface area contributed by atoms with Crippen LogP contribution in [0.4, 0.5) is 0 Å². The molecule has 5 rings (SSSR count). The molecule has 0 unspecified atom stereocenters. The predicted octanol–water partition coefficient (Wildman–Crippen LogP) is 6.48. The summed E-state index contributed by atoms with van der Waals surface area (Å²) in [6.45, 7) is 6.01. The molecule has 1 heterocycles. The second-order valence-electron chi connectivity index (χ2n) is 10.9. The number of allylic oxidation sites excluding steroid dienone is 1. The Morgan fingerprint density at radius 3 is 1.94 bits per heavy atom. The third kappa shape index (κ3) is 4.16. The van der Waals surface area contributed by atoms with Crippen molar-refractivity contribution >= 4 is 40.9 Å². The Bertz CT molecular complexity index is 1210. The lowest BCUT2D eigenvalue weighted by Gasteiger charge is -2.52. The molecule has 2 atom stereocenters. The Balaban J connectivity index is 1.80. The van der Waals surface area contributed by atoms with Crippen molar-refractivity contribution in [1.82, 2.24) is 0 Å². The quantitative estimate of drug-likeness (QED) is 0.341. The summed E-state index contributed by atoms with van der Waals surface area (Å²) in [6, 6.07) is 15.6. The van der Waals surface area contributed by atoms with Gasteiger partial charge >= 0.3 is 0 Å². The van der Waals surface area contributed by atoms with Gasteiger partial charge in [-0.05, 0) is 35.6 Å². The molecule has 2 aromatic rings. The van der Waals surface area contributed by atoms with E-state index < -0.39 is 22.7 Å². The topological polar surface area (TPSA) is 60.4 Å². The average Bonchev–Trinajstić information content (AvgIpc) is 3.37. The van der Waals surface area contributed by atoms with E-state index in [0.29, 0.717) is 24.2 Å². The summed E-state index contributed by atoms with van der Waals surface area (Å²) in [6.07, 6.45) is 0.808. The minimum absolute atomic E-state index is 0.0336. The van der Waals surface area contributed by atoms with Crippen molar-refractivity contribution in [1.29, 1.82) is 0 Å². The Morgan fingerprint density at radius 2 is 1.39 bits per heavy atom. The molecule has 0 amide bonds. The summed E-state index contributed by atoms with van der Waals surface area (Å²) in [4.78, 5) is 42.8. The third-order valence-corrected chi connectivity index (χ3v) is 10.6. The summed E-state index contributed by atoms with van der Waals surface area (Å²) in [7, 11) is 1.61. The molecule has 0 aromatic heterocycles. The molecule has 4 nitrogen and oxygen atoms in total. The van der Waals surface area contributed by atoms with Crippen LogP contribution in [0.1, 0.15) is 61.6 Å². The van der Waals surface area contributed by atoms with E-state index in [2.05, 4.69) is 0 Å². The van der Waals surface area contributed by atoms with E-state index in [1.807, 2.05) is 69.3 Å². The summed E-state index contributed by atoms with van der Waals surface area (Å²) >= 11 is 3.38. The van der Waals surface area contributed by atoms with Crippen LogP contribution in [-0.2, 0) is 14.4 Å². The highest BCUT2D eigenvalue weighted by Crippen LogP contribution is 2.63. The zero-order chi connectivity index (χ0) is 25.7. The van der Waals surface area contributed by atoms with E-state index in [-0.39, 0.29) is 23.8 Å². The molecule has 0 bridgehead atoms. The van der Waals surface area contributed by atoms with Gasteiger partial charge in [-0.25, -0.2) is 0 Å². The zero-order valence-corrected chi connectivity index (χ0v) is 22.9. The minimum Gasteiger partial charge on any atom is -0.497 e. The minimum atomic E-state index is -1.31. The van der Waals surface area contributed by atoms with Crippen molar-refractivity contribution in [3.05, 3.63) is 75.0 Å². The van der Waals surface area contributed by atoms with Gasteiger partial charge in [0, 0.05) is 52.4 Å². The van der Waals surface area contributed by atoms with E-state index in [4.69, 9.17) is 4.74 Å². The molecule has 0 N–H and O–H groups in total. The molecule has 2 saturated carbocycles. The fourth-order valence-electron chi connectivity index (χ4n) is 6.24. The highest BCUT2D eigenvalue weighted by molar-refractivity contribution is 8.25. The maximum atomic E-state index is 14.4. The van der Waals surface area contributed by atoms with E-state index in [1.54, 1.807) is 30.6 Å².